The summed E-state index contributed by atoms with van der Waals surface area (Å²) < 4.78 is 68.1. The van der Waals surface area contributed by atoms with Crippen LogP contribution in [0.2, 0.25) is 0 Å². The molecule has 0 spiro atoms. The zero-order chi connectivity index (χ0) is 15.9. The van der Waals surface area contributed by atoms with Crippen LogP contribution >= 0.6 is 0 Å². The van der Waals surface area contributed by atoms with Crippen molar-refractivity contribution in [1.82, 2.24) is 0 Å². The molecule has 0 fully saturated rings. The molecule has 0 heterocycles. The summed E-state index contributed by atoms with van der Waals surface area (Å²) in [6, 6.07) is 0. The molecule has 3 heteroatoms. The third kappa shape index (κ3) is 3.95. The summed E-state index contributed by atoms with van der Waals surface area (Å²) in [7, 11) is 0. The van der Waals surface area contributed by atoms with E-state index in [1.54, 1.807) is 0 Å². The van der Waals surface area contributed by atoms with E-state index < -0.39 is 37.9 Å². The topological polar surface area (TPSA) is 46.5 Å². The van der Waals surface area contributed by atoms with Gasteiger partial charge >= 0.3 is 5.97 Å². The number of carbonyl (C=O) groups is 1. The molecule has 0 radical (unpaired) electrons. The lowest BCUT2D eigenvalue weighted by molar-refractivity contribution is -0.152. The Morgan fingerprint density at radius 2 is 2.20 bits per heavy atom. The van der Waals surface area contributed by atoms with Gasteiger partial charge in [-0.15, -0.1) is 0 Å². The summed E-state index contributed by atoms with van der Waals surface area (Å²) in [4.78, 5) is 11.2. The number of esters is 1. The van der Waals surface area contributed by atoms with E-state index in [4.69, 9.17) is 17.4 Å². The molecule has 0 rings (SSSR count). The summed E-state index contributed by atoms with van der Waals surface area (Å²) in [6.45, 7) is -8.30. The minimum atomic E-state index is -3.75. The highest BCUT2D eigenvalue weighted by molar-refractivity contribution is 5.85. The minimum absolute atomic E-state index is 1.30. The molecule has 0 unspecified atom stereocenters. The normalized spacial score (nSPS) is 27.8. The Morgan fingerprint density at radius 3 is 2.50 bits per heavy atom. The van der Waals surface area contributed by atoms with Gasteiger partial charge in [-0.2, -0.15) is 0 Å². The molecule has 10 heavy (non-hydrogen) atoms. The van der Waals surface area contributed by atoms with Crippen molar-refractivity contribution in [2.24, 2.45) is 0 Å². The van der Waals surface area contributed by atoms with Crippen molar-refractivity contribution >= 4 is 5.97 Å². The zero-order valence-corrected chi connectivity index (χ0v) is 4.97. The van der Waals surface area contributed by atoms with Crippen LogP contribution in [-0.4, -0.2) is 16.7 Å². The highest BCUT2D eigenvalue weighted by atomic mass is 16.6. The van der Waals surface area contributed by atoms with Gasteiger partial charge in [-0.25, -0.2) is 4.79 Å². The Balaban J connectivity index is 6.12. The largest absolute Gasteiger partial charge is 0.502 e. The van der Waals surface area contributed by atoms with Crippen LogP contribution in [-0.2, 0) is 9.53 Å². The summed E-state index contributed by atoms with van der Waals surface area (Å²) in [5.74, 6) is -3.13. The fraction of sp³-hybridized carbons (Fsp3) is 0.571. The van der Waals surface area contributed by atoms with Gasteiger partial charge in [0.2, 0.25) is 0 Å². The molecule has 0 saturated carbocycles. The Bertz CT molecular complexity index is 339. The standard InChI is InChI=1S/C7H12O3/c1-5(8)6(9)10-7(2,3)4/h8H,1H2,2-4H3/i2D3,3D3,4D3. The molecule has 1 N–H and O–H groups in total. The molecule has 0 amide bonds. The van der Waals surface area contributed by atoms with E-state index in [1.165, 1.54) is 0 Å². The smallest absolute Gasteiger partial charge is 0.373 e. The molecule has 0 aliphatic heterocycles. The second-order valence-electron chi connectivity index (χ2n) is 1.52. The molecule has 0 aromatic carbocycles. The summed E-state index contributed by atoms with van der Waals surface area (Å²) in [5, 5.41) is 8.76. The molecule has 0 atom stereocenters. The zero-order valence-electron chi connectivity index (χ0n) is 14.0. The molecule has 0 aromatic heterocycles. The van der Waals surface area contributed by atoms with E-state index >= 15 is 0 Å². The van der Waals surface area contributed by atoms with Gasteiger partial charge in [-0.05, 0) is 27.1 Å². The highest BCUT2D eigenvalue weighted by Crippen LogP contribution is 2.08. The van der Waals surface area contributed by atoms with Crippen molar-refractivity contribution in [2.45, 2.75) is 26.2 Å². The number of hydrogen-bond acceptors (Lipinski definition) is 3. The quantitative estimate of drug-likeness (QED) is 0.352. The van der Waals surface area contributed by atoms with Crippen LogP contribution in [0, 0.1) is 0 Å². The van der Waals surface area contributed by atoms with E-state index in [0.717, 1.165) is 0 Å². The third-order valence-corrected chi connectivity index (χ3v) is 0.481. The van der Waals surface area contributed by atoms with Gasteiger partial charge in [-0.1, -0.05) is 0 Å². The summed E-state index contributed by atoms with van der Waals surface area (Å²) in [5.41, 5.74) is -3.75. The first-order valence-corrected chi connectivity index (χ1v) is 2.19. The van der Waals surface area contributed by atoms with Gasteiger partial charge in [0.25, 0.3) is 0 Å². The second-order valence-corrected chi connectivity index (χ2v) is 1.52. The van der Waals surface area contributed by atoms with Crippen molar-refractivity contribution < 1.29 is 27.0 Å². The number of aliphatic hydroxyl groups excluding tert-OH is 1. The van der Waals surface area contributed by atoms with Crippen molar-refractivity contribution in [3.8, 4) is 0 Å². The van der Waals surface area contributed by atoms with Crippen molar-refractivity contribution in [1.29, 1.82) is 0 Å². The van der Waals surface area contributed by atoms with Crippen LogP contribution in [0.3, 0.4) is 0 Å². The minimum Gasteiger partial charge on any atom is -0.502 e. The van der Waals surface area contributed by atoms with E-state index in [0.29, 0.717) is 0 Å². The predicted molar refractivity (Wildman–Crippen MR) is 37.6 cm³/mol. The maximum atomic E-state index is 11.2. The van der Waals surface area contributed by atoms with Gasteiger partial charge in [0, 0.05) is 12.3 Å². The molecule has 3 nitrogen and oxygen atoms in total. The number of aliphatic hydroxyl groups is 1. The van der Waals surface area contributed by atoms with Crippen LogP contribution in [0.15, 0.2) is 12.3 Å². The van der Waals surface area contributed by atoms with Gasteiger partial charge in [0.05, 0.1) is 0 Å². The number of hydrogen-bond donors (Lipinski definition) is 1. The average Bonchev–Trinajstić information content (AvgIpc) is 2.06. The summed E-state index contributed by atoms with van der Waals surface area (Å²) >= 11 is 0. The second kappa shape index (κ2) is 2.73. The molecule has 0 aliphatic rings. The molecule has 0 saturated heterocycles. The van der Waals surface area contributed by atoms with Gasteiger partial charge < -0.3 is 9.84 Å². The lowest BCUT2D eigenvalue weighted by Crippen LogP contribution is -2.24. The highest BCUT2D eigenvalue weighted by Gasteiger charge is 2.17. The molecular weight excluding hydrogens is 132 g/mol. The van der Waals surface area contributed by atoms with E-state index in [-0.39, 0.29) is 0 Å². The molecule has 58 valence electrons. The van der Waals surface area contributed by atoms with Crippen LogP contribution < -0.4 is 0 Å². The average molecular weight is 153 g/mol. The fourth-order valence-corrected chi connectivity index (χ4v) is 0.198. The Kier molecular flexibility index (Phi) is 0.545. The van der Waals surface area contributed by atoms with Crippen LogP contribution in [0.25, 0.3) is 0 Å². The van der Waals surface area contributed by atoms with E-state index in [9.17, 15) is 4.79 Å². The molecule has 0 aromatic rings. The fourth-order valence-electron chi connectivity index (χ4n) is 0.198. The first kappa shape index (κ1) is 2.00. The van der Waals surface area contributed by atoms with E-state index in [1.807, 2.05) is 0 Å². The van der Waals surface area contributed by atoms with E-state index in [2.05, 4.69) is 11.3 Å². The first-order chi connectivity index (χ1) is 8.08. The van der Waals surface area contributed by atoms with Crippen LogP contribution in [0.5, 0.6) is 0 Å². The maximum Gasteiger partial charge on any atom is 0.373 e. The van der Waals surface area contributed by atoms with Crippen molar-refractivity contribution in [3.63, 3.8) is 0 Å². The molecular formula is C7H12O3. The van der Waals surface area contributed by atoms with Gasteiger partial charge in [0.1, 0.15) is 5.60 Å². The van der Waals surface area contributed by atoms with Crippen LogP contribution in [0.1, 0.15) is 32.9 Å². The lowest BCUT2D eigenvalue weighted by Gasteiger charge is -2.18. The summed E-state index contributed by atoms with van der Waals surface area (Å²) in [6.07, 6.45) is 0. The van der Waals surface area contributed by atoms with Crippen LogP contribution in [0.4, 0.5) is 0 Å². The van der Waals surface area contributed by atoms with Crippen molar-refractivity contribution in [3.05, 3.63) is 12.3 Å². The molecule has 0 bridgehead atoms. The number of ether oxygens (including phenoxy) is 1. The predicted octanol–water partition coefficient (Wildman–Crippen LogP) is 1.40. The number of carbonyl (C=O) groups excluding carboxylic acids is 1. The SMILES string of the molecule is [2H]C([2H])([2H])C(OC(=O)C(=C)O)(C([2H])([2H])[2H])C([2H])([2H])[2H]. The Morgan fingerprint density at radius 1 is 1.70 bits per heavy atom. The third-order valence-electron chi connectivity index (χ3n) is 0.481. The Labute approximate surface area is 73.0 Å². The Hall–Kier alpha value is -0.990. The van der Waals surface area contributed by atoms with Crippen molar-refractivity contribution in [2.75, 3.05) is 0 Å². The monoisotopic (exact) mass is 153 g/mol. The van der Waals surface area contributed by atoms with Gasteiger partial charge in [-0.3, -0.25) is 0 Å². The maximum absolute atomic E-state index is 11.2. The molecule has 0 aliphatic carbocycles. The number of rotatable bonds is 1. The van der Waals surface area contributed by atoms with Gasteiger partial charge in [0.15, 0.2) is 5.76 Å². The first-order valence-electron chi connectivity index (χ1n) is 6.69. The lowest BCUT2D eigenvalue weighted by atomic mass is 10.2.